The van der Waals surface area contributed by atoms with Gasteiger partial charge in [0.05, 0.1) is 11.4 Å². The fourth-order valence-electron chi connectivity index (χ4n) is 7.41. The molecule has 0 bridgehead atoms. The van der Waals surface area contributed by atoms with Crippen molar-refractivity contribution in [3.8, 4) is 44.5 Å². The van der Waals surface area contributed by atoms with Crippen LogP contribution in [0, 0.1) is 0 Å². The van der Waals surface area contributed by atoms with Crippen molar-refractivity contribution in [3.63, 3.8) is 0 Å². The van der Waals surface area contributed by atoms with E-state index < -0.39 is 0 Å². The van der Waals surface area contributed by atoms with E-state index in [0.717, 1.165) is 17.1 Å². The predicted molar refractivity (Wildman–Crippen MR) is 218 cm³/mol. The van der Waals surface area contributed by atoms with Gasteiger partial charge >= 0.3 is 0 Å². The highest BCUT2D eigenvalue weighted by Crippen LogP contribution is 2.45. The van der Waals surface area contributed by atoms with Crippen molar-refractivity contribution < 1.29 is 0 Å². The number of benzene rings is 9. The molecule has 0 radical (unpaired) electrons. The summed E-state index contributed by atoms with van der Waals surface area (Å²) < 4.78 is 0. The highest BCUT2D eigenvalue weighted by molar-refractivity contribution is 6.05. The Balaban J connectivity index is 1.20. The molecule has 9 aromatic rings. The molecule has 9 rings (SSSR count). The van der Waals surface area contributed by atoms with Crippen molar-refractivity contribution >= 4 is 38.6 Å². The van der Waals surface area contributed by atoms with E-state index in [4.69, 9.17) is 0 Å². The highest BCUT2D eigenvalue weighted by Gasteiger charge is 2.20. The maximum Gasteiger partial charge on any atom is 0.0540 e. The quantitative estimate of drug-likeness (QED) is 0.166. The molecule has 0 unspecified atom stereocenters. The molecule has 240 valence electrons. The van der Waals surface area contributed by atoms with E-state index in [2.05, 4.69) is 217 Å². The summed E-state index contributed by atoms with van der Waals surface area (Å²) in [7, 11) is 0. The number of hydrogen-bond acceptors (Lipinski definition) is 1. The molecule has 0 saturated heterocycles. The summed E-state index contributed by atoms with van der Waals surface area (Å²) in [6, 6.07) is 76.6. The molecule has 0 aliphatic carbocycles. The Bertz CT molecular complexity index is 2600. The Morgan fingerprint density at radius 1 is 0.255 bits per heavy atom. The zero-order chi connectivity index (χ0) is 34.0. The Labute approximate surface area is 299 Å². The Morgan fingerprint density at radius 2 is 0.745 bits per heavy atom. The SMILES string of the molecule is c1ccc(-c2ccc(-c3ccccc3N(c3ccc(-c4ccc5ccccc5c4-c4ccccc4)cc3)c3cccc4ccccc34)cc2)cc1. The van der Waals surface area contributed by atoms with Gasteiger partial charge < -0.3 is 4.90 Å². The smallest absolute Gasteiger partial charge is 0.0540 e. The summed E-state index contributed by atoms with van der Waals surface area (Å²) in [5, 5.41) is 4.92. The molecular formula is C50H35N. The number of para-hydroxylation sites is 1. The van der Waals surface area contributed by atoms with Gasteiger partial charge in [0, 0.05) is 16.6 Å². The molecule has 0 aliphatic heterocycles. The third-order valence-corrected chi connectivity index (χ3v) is 9.88. The fraction of sp³-hybridized carbons (Fsp3) is 0. The Morgan fingerprint density at radius 3 is 1.49 bits per heavy atom. The van der Waals surface area contributed by atoms with Crippen molar-refractivity contribution in [1.29, 1.82) is 0 Å². The van der Waals surface area contributed by atoms with Crippen LogP contribution in [-0.2, 0) is 0 Å². The van der Waals surface area contributed by atoms with Crippen LogP contribution in [0.15, 0.2) is 212 Å². The second kappa shape index (κ2) is 13.3. The summed E-state index contributed by atoms with van der Waals surface area (Å²) in [5.74, 6) is 0. The average molecular weight is 650 g/mol. The van der Waals surface area contributed by atoms with Gasteiger partial charge in [0.1, 0.15) is 0 Å². The summed E-state index contributed by atoms with van der Waals surface area (Å²) in [6.07, 6.45) is 0. The standard InChI is InChI=1S/C50H35N/c1-3-14-36(15-4-1)37-26-28-40(29-27-37)45-22-11-12-24-48(45)51(49-25-13-20-38-16-7-9-21-44(38)49)43-33-30-41(31-34-43)47-35-32-39-17-8-10-23-46(39)50(47)42-18-5-2-6-19-42/h1-35H. The lowest BCUT2D eigenvalue weighted by molar-refractivity contribution is 1.30. The monoisotopic (exact) mass is 649 g/mol. The number of nitrogens with zero attached hydrogens (tertiary/aromatic N) is 1. The highest BCUT2D eigenvalue weighted by atomic mass is 15.1. The maximum absolute atomic E-state index is 2.42. The second-order valence-electron chi connectivity index (χ2n) is 12.9. The lowest BCUT2D eigenvalue weighted by Gasteiger charge is -2.29. The Kier molecular flexibility index (Phi) is 7.92. The molecule has 0 amide bonds. The topological polar surface area (TPSA) is 3.24 Å². The van der Waals surface area contributed by atoms with E-state index >= 15 is 0 Å². The van der Waals surface area contributed by atoms with Gasteiger partial charge in [-0.05, 0) is 79.4 Å². The maximum atomic E-state index is 2.42. The first-order chi connectivity index (χ1) is 25.3. The van der Waals surface area contributed by atoms with E-state index in [9.17, 15) is 0 Å². The minimum absolute atomic E-state index is 1.10. The summed E-state index contributed by atoms with van der Waals surface area (Å²) in [6.45, 7) is 0. The van der Waals surface area contributed by atoms with E-state index in [1.54, 1.807) is 0 Å². The van der Waals surface area contributed by atoms with E-state index in [1.807, 2.05) is 0 Å². The number of fused-ring (bicyclic) bond motifs is 2. The van der Waals surface area contributed by atoms with Crippen LogP contribution in [0.25, 0.3) is 66.1 Å². The third kappa shape index (κ3) is 5.75. The van der Waals surface area contributed by atoms with Crippen LogP contribution in [0.4, 0.5) is 17.1 Å². The van der Waals surface area contributed by atoms with Gasteiger partial charge in [-0.3, -0.25) is 0 Å². The molecule has 1 heteroatoms. The van der Waals surface area contributed by atoms with Crippen LogP contribution >= 0.6 is 0 Å². The normalized spacial score (nSPS) is 11.1. The van der Waals surface area contributed by atoms with Gasteiger partial charge in [0.15, 0.2) is 0 Å². The van der Waals surface area contributed by atoms with Crippen molar-refractivity contribution in [3.05, 3.63) is 212 Å². The molecule has 9 aromatic carbocycles. The molecule has 51 heavy (non-hydrogen) atoms. The van der Waals surface area contributed by atoms with Gasteiger partial charge in [-0.25, -0.2) is 0 Å². The summed E-state index contributed by atoms with van der Waals surface area (Å²) in [4.78, 5) is 2.42. The molecule has 1 nitrogen and oxygen atoms in total. The van der Waals surface area contributed by atoms with Gasteiger partial charge in [0.25, 0.3) is 0 Å². The van der Waals surface area contributed by atoms with Crippen LogP contribution in [0.5, 0.6) is 0 Å². The van der Waals surface area contributed by atoms with Gasteiger partial charge in [-0.2, -0.15) is 0 Å². The zero-order valence-corrected chi connectivity index (χ0v) is 28.2. The fourth-order valence-corrected chi connectivity index (χ4v) is 7.41. The van der Waals surface area contributed by atoms with Crippen LogP contribution < -0.4 is 4.90 Å². The van der Waals surface area contributed by atoms with Gasteiger partial charge in [0.2, 0.25) is 0 Å². The first-order valence-corrected chi connectivity index (χ1v) is 17.5. The predicted octanol–water partition coefficient (Wildman–Crippen LogP) is 14.1. The molecule has 0 atom stereocenters. The van der Waals surface area contributed by atoms with Gasteiger partial charge in [-0.1, -0.05) is 188 Å². The van der Waals surface area contributed by atoms with Crippen LogP contribution in [-0.4, -0.2) is 0 Å². The molecule has 0 fully saturated rings. The van der Waals surface area contributed by atoms with E-state index in [1.165, 1.54) is 66.1 Å². The molecule has 0 aliphatic rings. The lowest BCUT2D eigenvalue weighted by atomic mass is 9.89. The number of hydrogen-bond donors (Lipinski definition) is 0. The second-order valence-corrected chi connectivity index (χ2v) is 12.9. The summed E-state index contributed by atoms with van der Waals surface area (Å²) >= 11 is 0. The first-order valence-electron chi connectivity index (χ1n) is 17.5. The lowest BCUT2D eigenvalue weighted by Crippen LogP contribution is -2.11. The van der Waals surface area contributed by atoms with Crippen LogP contribution in [0.3, 0.4) is 0 Å². The van der Waals surface area contributed by atoms with E-state index in [0.29, 0.717) is 0 Å². The molecule has 0 saturated carbocycles. The van der Waals surface area contributed by atoms with Crippen LogP contribution in [0.1, 0.15) is 0 Å². The van der Waals surface area contributed by atoms with Crippen LogP contribution in [0.2, 0.25) is 0 Å². The molecule has 0 spiro atoms. The Hall–Kier alpha value is -6.70. The number of anilines is 3. The first kappa shape index (κ1) is 30.4. The molecule has 0 heterocycles. The molecule has 0 aromatic heterocycles. The minimum Gasteiger partial charge on any atom is -0.309 e. The summed E-state index contributed by atoms with van der Waals surface area (Å²) in [5.41, 5.74) is 13.0. The third-order valence-electron chi connectivity index (χ3n) is 9.88. The van der Waals surface area contributed by atoms with E-state index in [-0.39, 0.29) is 0 Å². The molecule has 0 N–H and O–H groups in total. The largest absolute Gasteiger partial charge is 0.309 e. The van der Waals surface area contributed by atoms with Gasteiger partial charge in [-0.15, -0.1) is 0 Å². The van der Waals surface area contributed by atoms with Crippen molar-refractivity contribution in [2.75, 3.05) is 4.90 Å². The van der Waals surface area contributed by atoms with Crippen molar-refractivity contribution in [2.24, 2.45) is 0 Å². The number of rotatable bonds is 7. The van der Waals surface area contributed by atoms with Crippen molar-refractivity contribution in [1.82, 2.24) is 0 Å². The molecular weight excluding hydrogens is 615 g/mol. The minimum atomic E-state index is 1.10. The average Bonchev–Trinajstić information content (AvgIpc) is 3.22. The van der Waals surface area contributed by atoms with Crippen molar-refractivity contribution in [2.45, 2.75) is 0 Å². The zero-order valence-electron chi connectivity index (χ0n) is 28.2.